The third-order valence-corrected chi connectivity index (χ3v) is 4.25. The van der Waals surface area contributed by atoms with Gasteiger partial charge < -0.3 is 10.6 Å². The highest BCUT2D eigenvalue weighted by molar-refractivity contribution is 6.31. The van der Waals surface area contributed by atoms with E-state index in [1.165, 1.54) is 6.07 Å². The van der Waals surface area contributed by atoms with Crippen molar-refractivity contribution in [2.45, 2.75) is 13.1 Å². The number of anilines is 2. The number of carbonyl (C=O) groups excluding carboxylic acids is 1. The van der Waals surface area contributed by atoms with Crippen molar-refractivity contribution >= 4 is 39.9 Å². The van der Waals surface area contributed by atoms with Gasteiger partial charge in [0.05, 0.1) is 16.1 Å². The molecule has 2 amide bonds. The van der Waals surface area contributed by atoms with E-state index in [0.29, 0.717) is 11.2 Å². The van der Waals surface area contributed by atoms with E-state index in [9.17, 15) is 18.0 Å². The molecule has 0 atom stereocenters. The van der Waals surface area contributed by atoms with Crippen LogP contribution < -0.4 is 10.6 Å². The number of halogens is 4. The van der Waals surface area contributed by atoms with E-state index in [1.54, 1.807) is 16.8 Å². The Morgan fingerprint density at radius 2 is 1.73 bits per heavy atom. The van der Waals surface area contributed by atoms with Crippen LogP contribution in [0.2, 0.25) is 5.02 Å². The number of benzene rings is 2. The molecule has 0 spiro atoms. The van der Waals surface area contributed by atoms with Crippen LogP contribution in [0.25, 0.3) is 10.9 Å². The molecule has 3 rings (SSSR count). The van der Waals surface area contributed by atoms with Gasteiger partial charge in [0.2, 0.25) is 0 Å². The summed E-state index contributed by atoms with van der Waals surface area (Å²) >= 11 is 5.56. The summed E-state index contributed by atoms with van der Waals surface area (Å²) in [7, 11) is 1.81. The van der Waals surface area contributed by atoms with Crippen molar-refractivity contribution in [3.63, 3.8) is 0 Å². The molecule has 1 heterocycles. The number of hydrogen-bond donors (Lipinski definition) is 2. The molecule has 3 aromatic rings. The SMILES string of the molecule is Cc1c2ccc(NC(=O)Nc3ccc(Cl)c(C(F)(F)F)c3)cc2nn1C. The Balaban J connectivity index is 1.77. The molecular formula is C17H14ClF3N4O. The molecule has 0 saturated heterocycles. The second-order valence-electron chi connectivity index (χ2n) is 5.71. The zero-order valence-electron chi connectivity index (χ0n) is 13.8. The molecule has 0 saturated carbocycles. The van der Waals surface area contributed by atoms with Crippen LogP contribution in [-0.2, 0) is 13.2 Å². The molecule has 0 aliphatic heterocycles. The third kappa shape index (κ3) is 3.60. The Kier molecular flexibility index (Phi) is 4.53. The second-order valence-corrected chi connectivity index (χ2v) is 6.12. The van der Waals surface area contributed by atoms with Gasteiger partial charge in [-0.1, -0.05) is 11.6 Å². The van der Waals surface area contributed by atoms with Crippen LogP contribution in [0.15, 0.2) is 36.4 Å². The van der Waals surface area contributed by atoms with Crippen molar-refractivity contribution in [1.82, 2.24) is 9.78 Å². The first kappa shape index (κ1) is 18.1. The molecule has 26 heavy (non-hydrogen) atoms. The van der Waals surface area contributed by atoms with E-state index in [1.807, 2.05) is 20.0 Å². The van der Waals surface area contributed by atoms with Gasteiger partial charge in [-0.05, 0) is 43.3 Å². The zero-order chi connectivity index (χ0) is 19.1. The smallest absolute Gasteiger partial charge is 0.308 e. The highest BCUT2D eigenvalue weighted by Gasteiger charge is 2.33. The first-order valence-corrected chi connectivity index (χ1v) is 7.91. The van der Waals surface area contributed by atoms with Gasteiger partial charge in [-0.2, -0.15) is 18.3 Å². The maximum Gasteiger partial charge on any atom is 0.417 e. The third-order valence-electron chi connectivity index (χ3n) is 3.92. The topological polar surface area (TPSA) is 59.0 Å². The van der Waals surface area contributed by atoms with E-state index >= 15 is 0 Å². The van der Waals surface area contributed by atoms with Crippen LogP contribution in [-0.4, -0.2) is 15.8 Å². The fourth-order valence-electron chi connectivity index (χ4n) is 2.52. The summed E-state index contributed by atoms with van der Waals surface area (Å²) in [5.74, 6) is 0. The molecule has 0 bridgehead atoms. The molecular weight excluding hydrogens is 369 g/mol. The molecule has 0 aliphatic carbocycles. The predicted octanol–water partition coefficient (Wildman–Crippen LogP) is 5.20. The Labute approximate surface area is 151 Å². The van der Waals surface area contributed by atoms with E-state index in [0.717, 1.165) is 23.2 Å². The number of fused-ring (bicyclic) bond motifs is 1. The van der Waals surface area contributed by atoms with Gasteiger partial charge in [0.1, 0.15) is 0 Å². The number of hydrogen-bond acceptors (Lipinski definition) is 2. The maximum absolute atomic E-state index is 12.9. The lowest BCUT2D eigenvalue weighted by Gasteiger charge is -2.12. The van der Waals surface area contributed by atoms with Crippen LogP contribution in [0, 0.1) is 6.92 Å². The Bertz CT molecular complexity index is 998. The number of urea groups is 1. The average molecular weight is 383 g/mol. The first-order chi connectivity index (χ1) is 12.1. The number of carbonyl (C=O) groups is 1. The second kappa shape index (κ2) is 6.53. The number of amides is 2. The zero-order valence-corrected chi connectivity index (χ0v) is 14.5. The minimum Gasteiger partial charge on any atom is -0.308 e. The molecule has 5 nitrogen and oxygen atoms in total. The van der Waals surface area contributed by atoms with Gasteiger partial charge in [-0.25, -0.2) is 4.79 Å². The van der Waals surface area contributed by atoms with Gasteiger partial charge in [0, 0.05) is 29.5 Å². The van der Waals surface area contributed by atoms with Crippen molar-refractivity contribution < 1.29 is 18.0 Å². The quantitative estimate of drug-likeness (QED) is 0.640. The van der Waals surface area contributed by atoms with Crippen LogP contribution >= 0.6 is 11.6 Å². The fourth-order valence-corrected chi connectivity index (χ4v) is 2.75. The summed E-state index contributed by atoms with van der Waals surface area (Å²) in [5, 5.41) is 9.77. The summed E-state index contributed by atoms with van der Waals surface area (Å²) < 4.78 is 40.3. The average Bonchev–Trinajstić information content (AvgIpc) is 2.82. The first-order valence-electron chi connectivity index (χ1n) is 7.53. The minimum absolute atomic E-state index is 0.0195. The number of alkyl halides is 3. The Hall–Kier alpha value is -2.74. The highest BCUT2D eigenvalue weighted by atomic mass is 35.5. The van der Waals surface area contributed by atoms with E-state index < -0.39 is 22.8 Å². The molecule has 0 fully saturated rings. The molecule has 1 aromatic heterocycles. The largest absolute Gasteiger partial charge is 0.417 e. The number of nitrogens with one attached hydrogen (secondary N) is 2. The van der Waals surface area contributed by atoms with E-state index in [-0.39, 0.29) is 5.69 Å². The maximum atomic E-state index is 12.9. The monoisotopic (exact) mass is 382 g/mol. The minimum atomic E-state index is -4.60. The molecule has 0 unspecified atom stereocenters. The molecule has 9 heteroatoms. The Morgan fingerprint density at radius 1 is 1.12 bits per heavy atom. The van der Waals surface area contributed by atoms with Crippen LogP contribution in [0.4, 0.5) is 29.3 Å². The molecule has 136 valence electrons. The van der Waals surface area contributed by atoms with E-state index in [2.05, 4.69) is 15.7 Å². The highest BCUT2D eigenvalue weighted by Crippen LogP contribution is 2.36. The number of rotatable bonds is 2. The molecule has 2 N–H and O–H groups in total. The summed E-state index contributed by atoms with van der Waals surface area (Å²) in [4.78, 5) is 12.1. The summed E-state index contributed by atoms with van der Waals surface area (Å²) in [6.45, 7) is 1.92. The number of aryl methyl sites for hydroxylation is 2. The number of nitrogens with zero attached hydrogens (tertiary/aromatic N) is 2. The van der Waals surface area contributed by atoms with Gasteiger partial charge in [-0.3, -0.25) is 4.68 Å². The van der Waals surface area contributed by atoms with E-state index in [4.69, 9.17) is 11.6 Å². The Morgan fingerprint density at radius 3 is 2.38 bits per heavy atom. The van der Waals surface area contributed by atoms with Crippen LogP contribution in [0.5, 0.6) is 0 Å². The summed E-state index contributed by atoms with van der Waals surface area (Å²) in [5.41, 5.74) is 1.12. The summed E-state index contributed by atoms with van der Waals surface area (Å²) in [6.07, 6.45) is -4.60. The van der Waals surface area contributed by atoms with Gasteiger partial charge in [0.25, 0.3) is 0 Å². The normalized spacial score (nSPS) is 11.6. The molecule has 0 aliphatic rings. The van der Waals surface area contributed by atoms with Crippen molar-refractivity contribution in [3.05, 3.63) is 52.7 Å². The predicted molar refractivity (Wildman–Crippen MR) is 94.5 cm³/mol. The van der Waals surface area contributed by atoms with Crippen LogP contribution in [0.1, 0.15) is 11.3 Å². The van der Waals surface area contributed by atoms with Gasteiger partial charge in [-0.15, -0.1) is 0 Å². The lowest BCUT2D eigenvalue weighted by molar-refractivity contribution is -0.137. The fraction of sp³-hybridized carbons (Fsp3) is 0.176. The van der Waals surface area contributed by atoms with Crippen LogP contribution in [0.3, 0.4) is 0 Å². The van der Waals surface area contributed by atoms with Gasteiger partial charge >= 0.3 is 12.2 Å². The lowest BCUT2D eigenvalue weighted by atomic mass is 10.2. The van der Waals surface area contributed by atoms with Crippen molar-refractivity contribution in [1.29, 1.82) is 0 Å². The summed E-state index contributed by atoms with van der Waals surface area (Å²) in [6, 6.07) is 7.69. The van der Waals surface area contributed by atoms with Crippen molar-refractivity contribution in [2.24, 2.45) is 7.05 Å². The lowest BCUT2D eigenvalue weighted by Crippen LogP contribution is -2.19. The standard InChI is InChI=1S/C17H14ClF3N4O/c1-9-12-5-3-11(8-15(12)24-25(9)2)23-16(26)22-10-4-6-14(18)13(7-10)17(19,20)21/h3-8H,1-2H3,(H2,22,23,26). The van der Waals surface area contributed by atoms with Crippen molar-refractivity contribution in [3.8, 4) is 0 Å². The van der Waals surface area contributed by atoms with Gasteiger partial charge in [0.15, 0.2) is 0 Å². The molecule has 0 radical (unpaired) electrons. The van der Waals surface area contributed by atoms with Crippen molar-refractivity contribution in [2.75, 3.05) is 10.6 Å². The molecule has 2 aromatic carbocycles. The number of aromatic nitrogens is 2.